The molecule has 0 atom stereocenters. The summed E-state index contributed by atoms with van der Waals surface area (Å²) in [6, 6.07) is 5.71. The molecule has 1 aromatic carbocycles. The molecular weight excluding hydrogens is 281 g/mol. The first-order chi connectivity index (χ1) is 9.02. The number of ether oxygens (including phenoxy) is 1. The van der Waals surface area contributed by atoms with Crippen LogP contribution in [-0.2, 0) is 6.42 Å². The molecule has 0 fully saturated rings. The number of aromatic nitrogens is 1. The summed E-state index contributed by atoms with van der Waals surface area (Å²) in [6.45, 7) is 3.81. The fourth-order valence-corrected chi connectivity index (χ4v) is 2.41. The van der Waals surface area contributed by atoms with Crippen LogP contribution in [0.15, 0.2) is 29.3 Å². The van der Waals surface area contributed by atoms with Gasteiger partial charge in [0.05, 0.1) is 17.6 Å². The van der Waals surface area contributed by atoms with Crippen molar-refractivity contribution < 1.29 is 4.74 Å². The predicted molar refractivity (Wildman–Crippen MR) is 81.4 cm³/mol. The van der Waals surface area contributed by atoms with Crippen molar-refractivity contribution in [2.45, 2.75) is 20.3 Å². The molecule has 0 aliphatic rings. The van der Waals surface area contributed by atoms with E-state index in [1.54, 1.807) is 7.11 Å². The highest BCUT2D eigenvalue weighted by molar-refractivity contribution is 6.36. The Hall–Kier alpha value is -1.25. The van der Waals surface area contributed by atoms with Crippen LogP contribution in [0.4, 0.5) is 0 Å². The molecule has 0 spiro atoms. The molecule has 2 rings (SSSR count). The summed E-state index contributed by atoms with van der Waals surface area (Å²) in [5.74, 6) is 0.773. The second kappa shape index (κ2) is 5.81. The van der Waals surface area contributed by atoms with Crippen molar-refractivity contribution in [1.29, 1.82) is 0 Å². The minimum atomic E-state index is 0.681. The maximum absolute atomic E-state index is 6.49. The Morgan fingerprint density at radius 3 is 2.79 bits per heavy atom. The van der Waals surface area contributed by atoms with Crippen LogP contribution in [-0.4, -0.2) is 12.1 Å². The molecule has 1 aromatic heterocycles. The lowest BCUT2D eigenvalue weighted by molar-refractivity contribution is 0.415. The number of methoxy groups -OCH3 is 1. The number of hydrogen-bond acceptors (Lipinski definition) is 2. The van der Waals surface area contributed by atoms with E-state index in [2.05, 4.69) is 4.98 Å². The number of benzene rings is 1. The SMILES string of the molecule is COc1ccc2nc(C)c(C/C=C(\C)Cl)c(Cl)c2c1. The van der Waals surface area contributed by atoms with Crippen molar-refractivity contribution in [3.05, 3.63) is 45.6 Å². The molecular formula is C15H15Cl2NO. The van der Waals surface area contributed by atoms with Gasteiger partial charge in [-0.3, -0.25) is 4.98 Å². The lowest BCUT2D eigenvalue weighted by Gasteiger charge is -2.10. The van der Waals surface area contributed by atoms with Gasteiger partial charge < -0.3 is 4.74 Å². The number of halogens is 2. The van der Waals surface area contributed by atoms with Crippen molar-refractivity contribution in [2.75, 3.05) is 7.11 Å². The third-order valence-corrected chi connectivity index (χ3v) is 3.60. The van der Waals surface area contributed by atoms with Gasteiger partial charge in [-0.25, -0.2) is 0 Å². The van der Waals surface area contributed by atoms with Crippen LogP contribution in [0, 0.1) is 6.92 Å². The third-order valence-electron chi connectivity index (χ3n) is 3.02. The van der Waals surface area contributed by atoms with Gasteiger partial charge >= 0.3 is 0 Å². The molecule has 0 saturated carbocycles. The molecule has 19 heavy (non-hydrogen) atoms. The molecule has 0 amide bonds. The van der Waals surface area contributed by atoms with Crippen molar-refractivity contribution >= 4 is 34.1 Å². The zero-order valence-electron chi connectivity index (χ0n) is 11.1. The highest BCUT2D eigenvalue weighted by Crippen LogP contribution is 2.31. The first-order valence-corrected chi connectivity index (χ1v) is 6.73. The van der Waals surface area contributed by atoms with E-state index in [1.807, 2.05) is 38.1 Å². The van der Waals surface area contributed by atoms with E-state index < -0.39 is 0 Å². The van der Waals surface area contributed by atoms with E-state index in [-0.39, 0.29) is 0 Å². The standard InChI is InChI=1S/C15H15Cl2NO/c1-9(16)4-6-12-10(2)18-14-7-5-11(19-3)8-13(14)15(12)17/h4-5,7-8H,6H2,1-3H3/b9-4+. The predicted octanol–water partition coefficient (Wildman–Crippen LogP) is 4.89. The van der Waals surface area contributed by atoms with Crippen LogP contribution in [0.3, 0.4) is 0 Å². The molecule has 0 saturated heterocycles. The maximum atomic E-state index is 6.49. The second-order valence-corrected chi connectivity index (χ2v) is 5.34. The van der Waals surface area contributed by atoms with Gasteiger partial charge in [0.25, 0.3) is 0 Å². The third kappa shape index (κ3) is 3.02. The average Bonchev–Trinajstić information content (AvgIpc) is 2.38. The summed E-state index contributed by atoms with van der Waals surface area (Å²) >= 11 is 12.4. The quantitative estimate of drug-likeness (QED) is 0.804. The molecule has 2 nitrogen and oxygen atoms in total. The number of allylic oxidation sites excluding steroid dienone is 2. The summed E-state index contributed by atoms with van der Waals surface area (Å²) in [6.07, 6.45) is 2.61. The number of hydrogen-bond donors (Lipinski definition) is 0. The van der Waals surface area contributed by atoms with E-state index in [9.17, 15) is 0 Å². The molecule has 100 valence electrons. The molecule has 0 bridgehead atoms. The highest BCUT2D eigenvalue weighted by atomic mass is 35.5. The van der Waals surface area contributed by atoms with Gasteiger partial charge in [0.15, 0.2) is 0 Å². The Kier molecular flexibility index (Phi) is 4.33. The van der Waals surface area contributed by atoms with E-state index in [0.29, 0.717) is 6.42 Å². The number of rotatable bonds is 3. The topological polar surface area (TPSA) is 22.1 Å². The van der Waals surface area contributed by atoms with Crippen LogP contribution in [0.1, 0.15) is 18.2 Å². The molecule has 4 heteroatoms. The summed E-state index contributed by atoms with van der Waals surface area (Å²) in [4.78, 5) is 4.58. The van der Waals surface area contributed by atoms with E-state index in [0.717, 1.165) is 38.0 Å². The van der Waals surface area contributed by atoms with Gasteiger partial charge in [-0.05, 0) is 44.0 Å². The Labute approximate surface area is 123 Å². The van der Waals surface area contributed by atoms with E-state index >= 15 is 0 Å². The monoisotopic (exact) mass is 295 g/mol. The van der Waals surface area contributed by atoms with Crippen LogP contribution in [0.2, 0.25) is 5.02 Å². The Morgan fingerprint density at radius 1 is 1.42 bits per heavy atom. The van der Waals surface area contributed by atoms with Crippen molar-refractivity contribution in [2.24, 2.45) is 0 Å². The lowest BCUT2D eigenvalue weighted by atomic mass is 10.1. The second-order valence-electron chi connectivity index (χ2n) is 4.37. The minimum Gasteiger partial charge on any atom is -0.497 e. The number of pyridine rings is 1. The average molecular weight is 296 g/mol. The Bertz CT molecular complexity index is 646. The smallest absolute Gasteiger partial charge is 0.119 e. The molecule has 0 radical (unpaired) electrons. The van der Waals surface area contributed by atoms with E-state index in [1.165, 1.54) is 0 Å². The fraction of sp³-hybridized carbons (Fsp3) is 0.267. The first kappa shape index (κ1) is 14.2. The van der Waals surface area contributed by atoms with Gasteiger partial charge in [-0.15, -0.1) is 0 Å². The van der Waals surface area contributed by atoms with Crippen molar-refractivity contribution in [3.63, 3.8) is 0 Å². The summed E-state index contributed by atoms with van der Waals surface area (Å²) in [7, 11) is 1.64. The lowest BCUT2D eigenvalue weighted by Crippen LogP contribution is -1.96. The van der Waals surface area contributed by atoms with Crippen molar-refractivity contribution in [1.82, 2.24) is 4.98 Å². The van der Waals surface area contributed by atoms with Crippen LogP contribution >= 0.6 is 23.2 Å². The molecule has 0 aliphatic heterocycles. The van der Waals surface area contributed by atoms with Gasteiger partial charge in [-0.2, -0.15) is 0 Å². The number of nitrogens with zero attached hydrogens (tertiary/aromatic N) is 1. The van der Waals surface area contributed by atoms with Crippen LogP contribution in [0.25, 0.3) is 10.9 Å². The molecule has 0 N–H and O–H groups in total. The summed E-state index contributed by atoms with van der Waals surface area (Å²) < 4.78 is 5.23. The minimum absolute atomic E-state index is 0.681. The maximum Gasteiger partial charge on any atom is 0.119 e. The molecule has 0 aliphatic carbocycles. The summed E-state index contributed by atoms with van der Waals surface area (Å²) in [5.41, 5.74) is 2.80. The number of fused-ring (bicyclic) bond motifs is 1. The van der Waals surface area contributed by atoms with Crippen LogP contribution in [0.5, 0.6) is 5.75 Å². The Balaban J connectivity index is 2.61. The number of aryl methyl sites for hydroxylation is 1. The van der Waals surface area contributed by atoms with Gasteiger partial charge in [0, 0.05) is 16.1 Å². The normalized spacial score (nSPS) is 11.9. The van der Waals surface area contributed by atoms with E-state index in [4.69, 9.17) is 27.9 Å². The van der Waals surface area contributed by atoms with Gasteiger partial charge in [-0.1, -0.05) is 29.3 Å². The first-order valence-electron chi connectivity index (χ1n) is 5.98. The van der Waals surface area contributed by atoms with Gasteiger partial charge in [0.1, 0.15) is 5.75 Å². The highest BCUT2D eigenvalue weighted by Gasteiger charge is 2.11. The Morgan fingerprint density at radius 2 is 2.16 bits per heavy atom. The van der Waals surface area contributed by atoms with Gasteiger partial charge in [0.2, 0.25) is 0 Å². The zero-order chi connectivity index (χ0) is 14.0. The van der Waals surface area contributed by atoms with Crippen molar-refractivity contribution in [3.8, 4) is 5.75 Å². The van der Waals surface area contributed by atoms with Crippen LogP contribution < -0.4 is 4.74 Å². The molecule has 1 heterocycles. The molecule has 2 aromatic rings. The molecule has 0 unspecified atom stereocenters. The summed E-state index contributed by atoms with van der Waals surface area (Å²) in [5, 5.41) is 2.37. The fourth-order valence-electron chi connectivity index (χ4n) is 1.96. The largest absolute Gasteiger partial charge is 0.497 e. The zero-order valence-corrected chi connectivity index (χ0v) is 12.6.